The van der Waals surface area contributed by atoms with Crippen LogP contribution in [-0.4, -0.2) is 19.9 Å². The second-order valence-corrected chi connectivity index (χ2v) is 14.8. The molecule has 2 heterocycles. The second-order valence-electron chi connectivity index (χ2n) is 14.8. The third-order valence-corrected chi connectivity index (χ3v) is 11.6. The van der Waals surface area contributed by atoms with Crippen LogP contribution in [0.1, 0.15) is 39.2 Å². The molecule has 0 spiro atoms. The molecule has 1 aliphatic carbocycles. The van der Waals surface area contributed by atoms with Crippen LogP contribution in [0.25, 0.3) is 66.9 Å². The van der Waals surface area contributed by atoms with Crippen molar-refractivity contribution in [2.24, 2.45) is 0 Å². The van der Waals surface area contributed by atoms with Gasteiger partial charge < -0.3 is 0 Å². The van der Waals surface area contributed by atoms with Gasteiger partial charge in [-0.3, -0.25) is 4.98 Å². The molecule has 10 rings (SSSR count). The molecular weight excluding hydrogens is 681 g/mol. The lowest BCUT2D eigenvalue weighted by Crippen LogP contribution is -2.28. The molecule has 1 unspecified atom stereocenters. The number of rotatable bonds is 6. The molecule has 2 aromatic heterocycles. The van der Waals surface area contributed by atoms with Gasteiger partial charge in [0.15, 0.2) is 11.6 Å². The maximum absolute atomic E-state index is 5.12. The zero-order valence-corrected chi connectivity index (χ0v) is 31.5. The zero-order valence-electron chi connectivity index (χ0n) is 31.5. The maximum atomic E-state index is 5.12. The third-order valence-electron chi connectivity index (χ3n) is 11.6. The molecule has 9 aromatic rings. The highest BCUT2D eigenvalue weighted by Crippen LogP contribution is 2.57. The van der Waals surface area contributed by atoms with Gasteiger partial charge >= 0.3 is 0 Å². The van der Waals surface area contributed by atoms with Gasteiger partial charge in [0.25, 0.3) is 0 Å². The molecule has 4 nitrogen and oxygen atoms in total. The molecule has 0 amide bonds. The monoisotopic (exact) mass is 718 g/mol. The van der Waals surface area contributed by atoms with E-state index in [1.807, 2.05) is 19.3 Å². The van der Waals surface area contributed by atoms with Gasteiger partial charge in [0.05, 0.1) is 5.41 Å². The lowest BCUT2D eigenvalue weighted by Gasteiger charge is -2.34. The Morgan fingerprint density at radius 3 is 1.96 bits per heavy atom. The normalized spacial score (nSPS) is 14.4. The summed E-state index contributed by atoms with van der Waals surface area (Å²) in [6.45, 7) is 6.25. The fraction of sp³-hybridized carbons (Fsp3) is 0.0769. The first kappa shape index (κ1) is 33.5. The van der Waals surface area contributed by atoms with Gasteiger partial charge in [0.2, 0.25) is 0 Å². The summed E-state index contributed by atoms with van der Waals surface area (Å²) in [5.41, 5.74) is 15.8. The molecule has 1 atom stereocenters. The SMILES string of the molecule is Cc1nc(-c2ccc3c(c2)-c2ccccc2C3(c2ccccc2)c2cccc(-c3cccc(-c4cncc(C)c4C)c3)c2)nc(-c2cccc3ccccc23)n1. The number of pyridine rings is 1. The predicted molar refractivity (Wildman–Crippen MR) is 228 cm³/mol. The van der Waals surface area contributed by atoms with Gasteiger partial charge in [-0.1, -0.05) is 146 Å². The summed E-state index contributed by atoms with van der Waals surface area (Å²) in [5, 5.41) is 2.28. The summed E-state index contributed by atoms with van der Waals surface area (Å²) >= 11 is 0. The summed E-state index contributed by atoms with van der Waals surface area (Å²) in [6, 6.07) is 59.2. The van der Waals surface area contributed by atoms with E-state index in [2.05, 4.69) is 183 Å². The largest absolute Gasteiger partial charge is 0.264 e. The summed E-state index contributed by atoms with van der Waals surface area (Å²) in [4.78, 5) is 19.4. The van der Waals surface area contributed by atoms with Crippen molar-refractivity contribution in [1.82, 2.24) is 19.9 Å². The van der Waals surface area contributed by atoms with Crippen molar-refractivity contribution < 1.29 is 0 Å². The van der Waals surface area contributed by atoms with Crippen LogP contribution in [0, 0.1) is 20.8 Å². The number of hydrogen-bond donors (Lipinski definition) is 0. The average Bonchev–Trinajstić information content (AvgIpc) is 3.55. The Kier molecular flexibility index (Phi) is 8.00. The number of fused-ring (bicyclic) bond motifs is 4. The van der Waals surface area contributed by atoms with Gasteiger partial charge in [-0.2, -0.15) is 0 Å². The van der Waals surface area contributed by atoms with E-state index in [4.69, 9.17) is 15.0 Å². The van der Waals surface area contributed by atoms with Gasteiger partial charge in [-0.25, -0.2) is 15.0 Å². The Morgan fingerprint density at radius 2 is 1.07 bits per heavy atom. The Hall–Kier alpha value is -7.04. The highest BCUT2D eigenvalue weighted by molar-refractivity contribution is 5.95. The minimum Gasteiger partial charge on any atom is -0.264 e. The number of aryl methyl sites for hydroxylation is 2. The molecule has 0 N–H and O–H groups in total. The zero-order chi connectivity index (χ0) is 37.8. The summed E-state index contributed by atoms with van der Waals surface area (Å²) in [5.74, 6) is 2.03. The molecule has 0 fully saturated rings. The maximum Gasteiger partial charge on any atom is 0.164 e. The Balaban J connectivity index is 1.15. The minimum atomic E-state index is -0.556. The van der Waals surface area contributed by atoms with E-state index in [-0.39, 0.29) is 0 Å². The van der Waals surface area contributed by atoms with Crippen LogP contribution in [0.5, 0.6) is 0 Å². The van der Waals surface area contributed by atoms with Crippen molar-refractivity contribution in [2.45, 2.75) is 26.2 Å². The molecule has 0 aliphatic heterocycles. The molecule has 0 saturated carbocycles. The van der Waals surface area contributed by atoms with Gasteiger partial charge in [0.1, 0.15) is 5.82 Å². The number of benzene rings is 7. The predicted octanol–water partition coefficient (Wildman–Crippen LogP) is 12.4. The van der Waals surface area contributed by atoms with Crippen LogP contribution in [0.3, 0.4) is 0 Å². The first-order valence-corrected chi connectivity index (χ1v) is 19.1. The number of aromatic nitrogens is 4. The van der Waals surface area contributed by atoms with Gasteiger partial charge in [-0.05, 0) is 111 Å². The molecular formula is C52H38N4. The molecule has 1 aliphatic rings. The first-order chi connectivity index (χ1) is 27.5. The Morgan fingerprint density at radius 1 is 0.411 bits per heavy atom. The topological polar surface area (TPSA) is 51.6 Å². The van der Waals surface area contributed by atoms with E-state index in [1.165, 1.54) is 61.2 Å². The van der Waals surface area contributed by atoms with E-state index in [0.29, 0.717) is 17.5 Å². The van der Waals surface area contributed by atoms with Crippen LogP contribution in [-0.2, 0) is 5.41 Å². The van der Waals surface area contributed by atoms with Crippen molar-refractivity contribution in [3.05, 3.63) is 215 Å². The molecule has 0 bridgehead atoms. The number of nitrogens with zero attached hydrogens (tertiary/aromatic N) is 4. The molecule has 0 radical (unpaired) electrons. The summed E-state index contributed by atoms with van der Waals surface area (Å²) in [7, 11) is 0. The average molecular weight is 719 g/mol. The standard InChI is InChI=1S/C52H38N4/c1-33-31-53-32-47(34(33)2)39-18-11-16-37(28-39)38-17-12-21-42(29-38)52(41-19-5-4-6-20-41)48-25-10-9-23-44(48)46-30-40(26-27-49(46)52)50-54-35(3)55-51(56-50)45-24-13-15-36-14-7-8-22-43(36)45/h4-32H,1-3H3. The molecule has 266 valence electrons. The van der Waals surface area contributed by atoms with E-state index >= 15 is 0 Å². The molecule has 0 saturated heterocycles. The second kappa shape index (κ2) is 13.4. The quantitative estimate of drug-likeness (QED) is 0.172. The lowest BCUT2D eigenvalue weighted by molar-refractivity contribution is 0.769. The third kappa shape index (κ3) is 5.37. The van der Waals surface area contributed by atoms with Crippen molar-refractivity contribution >= 4 is 10.8 Å². The van der Waals surface area contributed by atoms with Gasteiger partial charge in [-0.15, -0.1) is 0 Å². The highest BCUT2D eigenvalue weighted by atomic mass is 15.0. The van der Waals surface area contributed by atoms with Crippen LogP contribution in [0.4, 0.5) is 0 Å². The Bertz CT molecular complexity index is 2960. The Labute approximate surface area is 327 Å². The summed E-state index contributed by atoms with van der Waals surface area (Å²) < 4.78 is 0. The molecule has 4 heteroatoms. The fourth-order valence-corrected chi connectivity index (χ4v) is 8.77. The fourth-order valence-electron chi connectivity index (χ4n) is 8.77. The molecule has 56 heavy (non-hydrogen) atoms. The van der Waals surface area contributed by atoms with Crippen molar-refractivity contribution in [3.63, 3.8) is 0 Å². The van der Waals surface area contributed by atoms with E-state index < -0.39 is 5.41 Å². The van der Waals surface area contributed by atoms with Crippen molar-refractivity contribution in [2.75, 3.05) is 0 Å². The van der Waals surface area contributed by atoms with Gasteiger partial charge in [0, 0.05) is 29.1 Å². The van der Waals surface area contributed by atoms with Crippen LogP contribution >= 0.6 is 0 Å². The van der Waals surface area contributed by atoms with E-state index in [9.17, 15) is 0 Å². The van der Waals surface area contributed by atoms with Crippen LogP contribution in [0.2, 0.25) is 0 Å². The van der Waals surface area contributed by atoms with E-state index in [1.54, 1.807) is 0 Å². The van der Waals surface area contributed by atoms with Crippen molar-refractivity contribution in [3.8, 4) is 56.2 Å². The first-order valence-electron chi connectivity index (χ1n) is 19.1. The highest BCUT2D eigenvalue weighted by Gasteiger charge is 2.46. The minimum absolute atomic E-state index is 0.556. The van der Waals surface area contributed by atoms with Crippen LogP contribution < -0.4 is 0 Å². The number of hydrogen-bond acceptors (Lipinski definition) is 4. The lowest BCUT2D eigenvalue weighted by atomic mass is 9.67. The van der Waals surface area contributed by atoms with Crippen LogP contribution in [0.15, 0.2) is 176 Å². The van der Waals surface area contributed by atoms with Crippen molar-refractivity contribution in [1.29, 1.82) is 0 Å². The molecule has 7 aromatic carbocycles. The summed E-state index contributed by atoms with van der Waals surface area (Å²) in [6.07, 6.45) is 3.91. The van der Waals surface area contributed by atoms with E-state index in [0.717, 1.165) is 27.5 Å². The smallest absolute Gasteiger partial charge is 0.164 e.